The lowest BCUT2D eigenvalue weighted by Crippen LogP contribution is -2.34. The summed E-state index contributed by atoms with van der Waals surface area (Å²) in [5.74, 6) is 0.385. The summed E-state index contributed by atoms with van der Waals surface area (Å²) in [7, 11) is -3.87. The van der Waals surface area contributed by atoms with Crippen LogP contribution in [0.4, 0.5) is 16.3 Å². The zero-order chi connectivity index (χ0) is 32.5. The van der Waals surface area contributed by atoms with E-state index in [4.69, 9.17) is 5.10 Å². The Balaban J connectivity index is 1.37. The summed E-state index contributed by atoms with van der Waals surface area (Å²) in [4.78, 5) is 14.0. The zero-order valence-electron chi connectivity index (χ0n) is 26.7. The van der Waals surface area contributed by atoms with Crippen molar-refractivity contribution in [3.63, 3.8) is 0 Å². The number of urea groups is 1. The maximum absolute atomic E-state index is 14.7. The first-order valence-electron chi connectivity index (χ1n) is 15.8. The number of aromatic nitrogens is 2. The van der Waals surface area contributed by atoms with Crippen molar-refractivity contribution < 1.29 is 13.2 Å². The lowest BCUT2D eigenvalue weighted by molar-refractivity contribution is 0.262. The van der Waals surface area contributed by atoms with E-state index in [9.17, 15) is 13.2 Å². The molecule has 1 aliphatic heterocycles. The van der Waals surface area contributed by atoms with Crippen LogP contribution in [0.2, 0.25) is 0 Å². The molecule has 2 amide bonds. The van der Waals surface area contributed by atoms with Crippen LogP contribution in [0.5, 0.6) is 0 Å². The van der Waals surface area contributed by atoms with Gasteiger partial charge in [-0.2, -0.15) is 5.10 Å². The van der Waals surface area contributed by atoms with Crippen molar-refractivity contribution in [1.82, 2.24) is 15.1 Å². The molecular formula is C37H41N5O3S. The number of fused-ring (bicyclic) bond motifs is 1. The molecule has 5 aromatic rings. The van der Waals surface area contributed by atoms with Gasteiger partial charge >= 0.3 is 6.03 Å². The van der Waals surface area contributed by atoms with E-state index in [2.05, 4.69) is 36.7 Å². The van der Waals surface area contributed by atoms with Crippen molar-refractivity contribution in [2.24, 2.45) is 5.92 Å². The van der Waals surface area contributed by atoms with Crippen molar-refractivity contribution >= 4 is 38.1 Å². The van der Waals surface area contributed by atoms with Gasteiger partial charge in [-0.3, -0.25) is 5.32 Å². The highest BCUT2D eigenvalue weighted by molar-refractivity contribution is 7.92. The van der Waals surface area contributed by atoms with Gasteiger partial charge < -0.3 is 10.6 Å². The molecule has 238 valence electrons. The number of nitrogens with one attached hydrogen (secondary N) is 3. The summed E-state index contributed by atoms with van der Waals surface area (Å²) >= 11 is 0. The first kappa shape index (κ1) is 31.5. The zero-order valence-corrected chi connectivity index (χ0v) is 27.6. The summed E-state index contributed by atoms with van der Waals surface area (Å²) in [6.07, 6.45) is 1.42. The Kier molecular flexibility index (Phi) is 8.72. The fourth-order valence-corrected chi connectivity index (χ4v) is 8.60. The first-order valence-corrected chi connectivity index (χ1v) is 17.3. The molecule has 2 heterocycles. The molecule has 1 aromatic heterocycles. The van der Waals surface area contributed by atoms with E-state index in [1.165, 1.54) is 0 Å². The third kappa shape index (κ3) is 6.43. The van der Waals surface area contributed by atoms with Crippen LogP contribution in [0, 0.1) is 12.8 Å². The van der Waals surface area contributed by atoms with E-state index in [1.807, 2.05) is 85.8 Å². The summed E-state index contributed by atoms with van der Waals surface area (Å²) in [6, 6.07) is 29.6. The molecule has 0 spiro atoms. The van der Waals surface area contributed by atoms with Crippen LogP contribution in [-0.4, -0.2) is 37.3 Å². The van der Waals surface area contributed by atoms with E-state index in [-0.39, 0.29) is 11.3 Å². The molecule has 6 rings (SSSR count). The van der Waals surface area contributed by atoms with Crippen LogP contribution in [0.1, 0.15) is 55.7 Å². The standard InChI is InChI=1S/C37H41N5O3S/c1-25-16-18-28(19-17-25)42-34(24-33(41-42)37(2,3)4)40-36(43)39-31-14-8-7-13-30(31)35(27-20-22-38-23-21-27)46(44,45)32-15-9-11-26-10-5-6-12-29(26)32/h5-19,24,27,35,38H,20-23H2,1-4H3,(H2,39,40,43). The molecule has 0 aliphatic carbocycles. The molecule has 1 atom stereocenters. The van der Waals surface area contributed by atoms with Crippen LogP contribution in [0.15, 0.2) is 102 Å². The Morgan fingerprint density at radius 2 is 1.57 bits per heavy atom. The lowest BCUT2D eigenvalue weighted by Gasteiger charge is -2.32. The molecule has 1 saturated heterocycles. The minimum absolute atomic E-state index is 0.131. The Labute approximate surface area is 271 Å². The largest absolute Gasteiger partial charge is 0.324 e. The van der Waals surface area contributed by atoms with Crippen LogP contribution >= 0.6 is 0 Å². The first-order chi connectivity index (χ1) is 22.0. The Morgan fingerprint density at radius 3 is 2.30 bits per heavy atom. The van der Waals surface area contributed by atoms with Crippen LogP contribution in [0.25, 0.3) is 16.5 Å². The minimum Gasteiger partial charge on any atom is -0.317 e. The maximum Gasteiger partial charge on any atom is 0.324 e. The fraction of sp³-hybridized carbons (Fsp3) is 0.297. The highest BCUT2D eigenvalue weighted by atomic mass is 32.2. The van der Waals surface area contributed by atoms with Crippen LogP contribution in [-0.2, 0) is 15.3 Å². The van der Waals surface area contributed by atoms with E-state index < -0.39 is 21.1 Å². The predicted octanol–water partition coefficient (Wildman–Crippen LogP) is 7.79. The monoisotopic (exact) mass is 635 g/mol. The number of carbonyl (C=O) groups excluding carboxylic acids is 1. The average molecular weight is 636 g/mol. The second-order valence-electron chi connectivity index (χ2n) is 13.1. The van der Waals surface area contributed by atoms with Gasteiger partial charge in [0.05, 0.1) is 21.5 Å². The molecule has 1 aliphatic rings. The summed E-state index contributed by atoms with van der Waals surface area (Å²) in [5.41, 5.74) is 3.58. The molecule has 0 bridgehead atoms. The lowest BCUT2D eigenvalue weighted by atomic mass is 9.89. The number of piperidine rings is 1. The fourth-order valence-electron chi connectivity index (χ4n) is 6.25. The van der Waals surface area contributed by atoms with Crippen molar-refractivity contribution in [3.8, 4) is 5.69 Å². The number of hydrogen-bond acceptors (Lipinski definition) is 5. The molecule has 1 fully saturated rings. The smallest absolute Gasteiger partial charge is 0.317 e. The number of amides is 2. The quantitative estimate of drug-likeness (QED) is 0.169. The molecule has 4 aromatic carbocycles. The van der Waals surface area contributed by atoms with Crippen molar-refractivity contribution in [1.29, 1.82) is 0 Å². The number of rotatable bonds is 7. The Hall–Kier alpha value is -4.47. The molecule has 0 radical (unpaired) electrons. The number of para-hydroxylation sites is 1. The molecule has 9 heteroatoms. The highest BCUT2D eigenvalue weighted by Crippen LogP contribution is 2.43. The number of benzene rings is 4. The highest BCUT2D eigenvalue weighted by Gasteiger charge is 2.39. The van der Waals surface area contributed by atoms with E-state index >= 15 is 0 Å². The number of nitrogens with zero attached hydrogens (tertiary/aromatic N) is 2. The third-order valence-corrected chi connectivity index (χ3v) is 11.0. The SMILES string of the molecule is Cc1ccc(-n2nc(C(C)(C)C)cc2NC(=O)Nc2ccccc2C(C2CCNCC2)S(=O)(=O)c2cccc3ccccc23)cc1. The van der Waals surface area contributed by atoms with E-state index in [0.29, 0.717) is 40.2 Å². The van der Waals surface area contributed by atoms with Gasteiger partial charge in [-0.25, -0.2) is 17.9 Å². The average Bonchev–Trinajstić information content (AvgIpc) is 3.47. The Bertz CT molecular complexity index is 1970. The van der Waals surface area contributed by atoms with Crippen molar-refractivity contribution in [2.75, 3.05) is 23.7 Å². The summed E-state index contributed by atoms with van der Waals surface area (Å²) in [6.45, 7) is 9.72. The minimum atomic E-state index is -3.87. The summed E-state index contributed by atoms with van der Waals surface area (Å²) < 4.78 is 31.2. The summed E-state index contributed by atoms with van der Waals surface area (Å²) in [5, 5.41) is 14.9. The second kappa shape index (κ2) is 12.7. The molecule has 3 N–H and O–H groups in total. The van der Waals surface area contributed by atoms with E-state index in [1.54, 1.807) is 22.9 Å². The van der Waals surface area contributed by atoms with Gasteiger partial charge in [-0.1, -0.05) is 93.1 Å². The number of sulfone groups is 1. The van der Waals surface area contributed by atoms with Crippen LogP contribution < -0.4 is 16.0 Å². The number of hydrogen-bond donors (Lipinski definition) is 3. The molecule has 8 nitrogen and oxygen atoms in total. The normalized spacial score (nSPS) is 15.0. The van der Waals surface area contributed by atoms with Crippen molar-refractivity contribution in [2.45, 2.75) is 56.1 Å². The third-order valence-electron chi connectivity index (χ3n) is 8.72. The van der Waals surface area contributed by atoms with Gasteiger partial charge in [0.25, 0.3) is 0 Å². The number of carbonyl (C=O) groups is 1. The van der Waals surface area contributed by atoms with Crippen molar-refractivity contribution in [3.05, 3.63) is 114 Å². The van der Waals surface area contributed by atoms with Gasteiger partial charge in [0.1, 0.15) is 5.82 Å². The van der Waals surface area contributed by atoms with Gasteiger partial charge in [0.2, 0.25) is 0 Å². The molecule has 0 saturated carbocycles. The second-order valence-corrected chi connectivity index (χ2v) is 15.1. The molecule has 1 unspecified atom stereocenters. The maximum atomic E-state index is 14.7. The Morgan fingerprint density at radius 1 is 0.891 bits per heavy atom. The van der Waals surface area contributed by atoms with Gasteiger partial charge in [0, 0.05) is 22.6 Å². The topological polar surface area (TPSA) is 105 Å². The van der Waals surface area contributed by atoms with Gasteiger partial charge in [-0.05, 0) is 74.0 Å². The van der Waals surface area contributed by atoms with E-state index in [0.717, 1.165) is 35.4 Å². The van der Waals surface area contributed by atoms with Crippen LogP contribution in [0.3, 0.4) is 0 Å². The van der Waals surface area contributed by atoms with Gasteiger partial charge in [-0.15, -0.1) is 0 Å². The molecular weight excluding hydrogens is 595 g/mol. The van der Waals surface area contributed by atoms with Gasteiger partial charge in [0.15, 0.2) is 9.84 Å². The number of aryl methyl sites for hydroxylation is 1. The number of anilines is 2. The predicted molar refractivity (Wildman–Crippen MR) is 186 cm³/mol. The molecule has 46 heavy (non-hydrogen) atoms.